The third-order valence-electron chi connectivity index (χ3n) is 4.16. The molecule has 2 aromatic carbocycles. The number of benzene rings is 2. The van der Waals surface area contributed by atoms with E-state index in [9.17, 15) is 30.8 Å². The standard InChI is InChI=1S/C20H15ClF4N4O3S/c21-16-8-13(3-6-17(16)22)28-19(30)29-18-9-14(33(31,32)27-11-20(23,24)25)4-5-15(18)12-2-1-7-26-10-12/h1-10,27H,11H2,(H2,28,29,30). The van der Waals surface area contributed by atoms with Crippen LogP contribution in [0.4, 0.5) is 33.7 Å². The number of carbonyl (C=O) groups excluding carboxylic acids is 1. The predicted octanol–water partition coefficient (Wildman–Crippen LogP) is 5.03. The second-order valence-electron chi connectivity index (χ2n) is 6.60. The first-order valence-electron chi connectivity index (χ1n) is 9.08. The topological polar surface area (TPSA) is 100 Å². The third-order valence-corrected chi connectivity index (χ3v) is 5.85. The Balaban J connectivity index is 1.93. The van der Waals surface area contributed by atoms with Crippen LogP contribution in [-0.4, -0.2) is 32.2 Å². The molecule has 2 amide bonds. The van der Waals surface area contributed by atoms with Crippen LogP contribution in [0, 0.1) is 5.82 Å². The molecule has 3 N–H and O–H groups in total. The summed E-state index contributed by atoms with van der Waals surface area (Å²) in [6, 6.07) is 9.31. The molecule has 0 fully saturated rings. The molecule has 0 saturated carbocycles. The highest BCUT2D eigenvalue weighted by Gasteiger charge is 2.30. The van der Waals surface area contributed by atoms with Gasteiger partial charge < -0.3 is 10.6 Å². The number of urea groups is 1. The molecule has 0 bridgehead atoms. The van der Waals surface area contributed by atoms with Crippen LogP contribution < -0.4 is 15.4 Å². The summed E-state index contributed by atoms with van der Waals surface area (Å²) in [5, 5.41) is 4.63. The molecule has 3 rings (SSSR count). The van der Waals surface area contributed by atoms with E-state index < -0.39 is 39.5 Å². The zero-order chi connectivity index (χ0) is 24.2. The summed E-state index contributed by atoms with van der Waals surface area (Å²) in [7, 11) is -4.54. The van der Waals surface area contributed by atoms with Crippen LogP contribution >= 0.6 is 11.6 Å². The second-order valence-corrected chi connectivity index (χ2v) is 8.77. The Kier molecular flexibility index (Phi) is 7.20. The van der Waals surface area contributed by atoms with Gasteiger partial charge in [0, 0.05) is 29.2 Å². The smallest absolute Gasteiger partial charge is 0.308 e. The third kappa shape index (κ3) is 6.63. The monoisotopic (exact) mass is 502 g/mol. The number of pyridine rings is 1. The number of rotatable bonds is 6. The fourth-order valence-corrected chi connectivity index (χ4v) is 3.91. The highest BCUT2D eigenvalue weighted by molar-refractivity contribution is 7.89. The summed E-state index contributed by atoms with van der Waals surface area (Å²) in [6.45, 7) is -1.76. The number of alkyl halides is 3. The number of anilines is 2. The molecule has 174 valence electrons. The predicted molar refractivity (Wildman–Crippen MR) is 115 cm³/mol. The first kappa shape index (κ1) is 24.4. The van der Waals surface area contributed by atoms with Crippen molar-refractivity contribution >= 4 is 39.0 Å². The minimum atomic E-state index is -4.75. The van der Waals surface area contributed by atoms with Crippen LogP contribution in [0.5, 0.6) is 0 Å². The van der Waals surface area contributed by atoms with E-state index in [0.717, 1.165) is 18.2 Å². The van der Waals surface area contributed by atoms with E-state index in [0.29, 0.717) is 11.1 Å². The molecular formula is C20H15ClF4N4O3S. The molecule has 1 heterocycles. The quantitative estimate of drug-likeness (QED) is 0.412. The van der Waals surface area contributed by atoms with Crippen LogP contribution in [0.3, 0.4) is 0 Å². The maximum Gasteiger partial charge on any atom is 0.402 e. The molecule has 0 aliphatic carbocycles. The Morgan fingerprint density at radius 2 is 1.82 bits per heavy atom. The van der Waals surface area contributed by atoms with E-state index in [-0.39, 0.29) is 16.4 Å². The zero-order valence-corrected chi connectivity index (χ0v) is 18.0. The number of hydrogen-bond acceptors (Lipinski definition) is 4. The fraction of sp³-hybridized carbons (Fsp3) is 0.100. The number of carbonyl (C=O) groups is 1. The molecular weight excluding hydrogens is 488 g/mol. The number of aromatic nitrogens is 1. The average Bonchev–Trinajstić information content (AvgIpc) is 2.75. The van der Waals surface area contributed by atoms with Crippen molar-refractivity contribution in [1.82, 2.24) is 9.71 Å². The van der Waals surface area contributed by atoms with Crippen molar-refractivity contribution in [1.29, 1.82) is 0 Å². The first-order valence-corrected chi connectivity index (χ1v) is 10.9. The molecule has 0 atom stereocenters. The lowest BCUT2D eigenvalue weighted by Gasteiger charge is -2.15. The Morgan fingerprint density at radius 3 is 2.45 bits per heavy atom. The van der Waals surface area contributed by atoms with Crippen molar-refractivity contribution in [2.45, 2.75) is 11.1 Å². The SMILES string of the molecule is O=C(Nc1ccc(F)c(Cl)c1)Nc1cc(S(=O)(=O)NCC(F)(F)F)ccc1-c1cccnc1. The Morgan fingerprint density at radius 1 is 1.06 bits per heavy atom. The number of halogens is 5. The summed E-state index contributed by atoms with van der Waals surface area (Å²) in [5.74, 6) is -0.689. The minimum Gasteiger partial charge on any atom is -0.308 e. The zero-order valence-electron chi connectivity index (χ0n) is 16.5. The van der Waals surface area contributed by atoms with Gasteiger partial charge in [-0.05, 0) is 36.4 Å². The molecule has 0 radical (unpaired) electrons. The molecule has 7 nitrogen and oxygen atoms in total. The minimum absolute atomic E-state index is 0.0245. The molecule has 0 saturated heterocycles. The van der Waals surface area contributed by atoms with E-state index in [1.54, 1.807) is 12.1 Å². The molecule has 1 aromatic heterocycles. The van der Waals surface area contributed by atoms with Crippen molar-refractivity contribution in [3.05, 3.63) is 71.8 Å². The van der Waals surface area contributed by atoms with Gasteiger partial charge in [-0.25, -0.2) is 22.3 Å². The maximum atomic E-state index is 13.3. The number of amides is 2. The van der Waals surface area contributed by atoms with Crippen molar-refractivity contribution in [3.8, 4) is 11.1 Å². The lowest BCUT2D eigenvalue weighted by atomic mass is 10.1. The Hall–Kier alpha value is -3.22. The van der Waals surface area contributed by atoms with Gasteiger partial charge in [0.2, 0.25) is 10.0 Å². The highest BCUT2D eigenvalue weighted by Crippen LogP contribution is 2.30. The van der Waals surface area contributed by atoms with Crippen LogP contribution in [0.15, 0.2) is 65.8 Å². The lowest BCUT2D eigenvalue weighted by Crippen LogP contribution is -2.33. The summed E-state index contributed by atoms with van der Waals surface area (Å²) >= 11 is 5.69. The second kappa shape index (κ2) is 9.73. The van der Waals surface area contributed by atoms with Crippen LogP contribution in [-0.2, 0) is 10.0 Å². The van der Waals surface area contributed by atoms with Gasteiger partial charge >= 0.3 is 12.2 Å². The van der Waals surface area contributed by atoms with Gasteiger partial charge in [-0.15, -0.1) is 0 Å². The van der Waals surface area contributed by atoms with Crippen LogP contribution in [0.25, 0.3) is 11.1 Å². The van der Waals surface area contributed by atoms with Crippen molar-refractivity contribution in [3.63, 3.8) is 0 Å². The molecule has 33 heavy (non-hydrogen) atoms. The fourth-order valence-electron chi connectivity index (χ4n) is 2.69. The van der Waals surface area contributed by atoms with E-state index in [1.165, 1.54) is 35.3 Å². The average molecular weight is 503 g/mol. The molecule has 0 aliphatic heterocycles. The van der Waals surface area contributed by atoms with Gasteiger partial charge in [0.1, 0.15) is 12.4 Å². The van der Waals surface area contributed by atoms with Crippen LogP contribution in [0.1, 0.15) is 0 Å². The molecule has 0 aliphatic rings. The molecule has 0 unspecified atom stereocenters. The number of sulfonamides is 1. The summed E-state index contributed by atoms with van der Waals surface area (Å²) < 4.78 is 76.8. The van der Waals surface area contributed by atoms with E-state index in [4.69, 9.17) is 11.6 Å². The molecule has 0 spiro atoms. The number of hydrogen-bond donors (Lipinski definition) is 3. The Bertz CT molecular complexity index is 1270. The lowest BCUT2D eigenvalue weighted by molar-refractivity contribution is -0.121. The van der Waals surface area contributed by atoms with Crippen molar-refractivity contribution in [2.24, 2.45) is 0 Å². The number of nitrogens with zero attached hydrogens (tertiary/aromatic N) is 1. The van der Waals surface area contributed by atoms with E-state index >= 15 is 0 Å². The van der Waals surface area contributed by atoms with Gasteiger partial charge in [-0.2, -0.15) is 13.2 Å². The van der Waals surface area contributed by atoms with E-state index in [2.05, 4.69) is 15.6 Å². The first-order chi connectivity index (χ1) is 15.4. The van der Waals surface area contributed by atoms with Gasteiger partial charge in [-0.1, -0.05) is 23.7 Å². The number of nitrogens with one attached hydrogen (secondary N) is 3. The van der Waals surface area contributed by atoms with Gasteiger partial charge in [0.05, 0.1) is 15.6 Å². The van der Waals surface area contributed by atoms with Gasteiger partial charge in [-0.3, -0.25) is 4.98 Å². The highest BCUT2D eigenvalue weighted by atomic mass is 35.5. The maximum absolute atomic E-state index is 13.3. The largest absolute Gasteiger partial charge is 0.402 e. The molecule has 13 heteroatoms. The van der Waals surface area contributed by atoms with Gasteiger partial charge in [0.15, 0.2) is 0 Å². The molecule has 3 aromatic rings. The summed E-state index contributed by atoms with van der Waals surface area (Å²) in [4.78, 5) is 16.0. The van der Waals surface area contributed by atoms with Crippen molar-refractivity contribution in [2.75, 3.05) is 17.2 Å². The van der Waals surface area contributed by atoms with Gasteiger partial charge in [0.25, 0.3) is 0 Å². The Labute approximate surface area is 190 Å². The summed E-state index contributed by atoms with van der Waals surface area (Å²) in [6.07, 6.45) is -1.80. The summed E-state index contributed by atoms with van der Waals surface area (Å²) in [5.41, 5.74) is 0.982. The normalized spacial score (nSPS) is 11.8. The van der Waals surface area contributed by atoms with Crippen molar-refractivity contribution < 1.29 is 30.8 Å². The van der Waals surface area contributed by atoms with E-state index in [1.807, 2.05) is 0 Å². The van der Waals surface area contributed by atoms with Crippen LogP contribution in [0.2, 0.25) is 5.02 Å².